The van der Waals surface area contributed by atoms with E-state index < -0.39 is 0 Å². The molecule has 0 amide bonds. The van der Waals surface area contributed by atoms with Crippen molar-refractivity contribution in [3.05, 3.63) is 0 Å². The fourth-order valence-electron chi connectivity index (χ4n) is 5.30. The van der Waals surface area contributed by atoms with Gasteiger partial charge in [0.2, 0.25) is 0 Å². The van der Waals surface area contributed by atoms with Crippen molar-refractivity contribution in [2.45, 2.75) is 153 Å². The topological polar surface area (TPSA) is 12.0 Å². The highest BCUT2D eigenvalue weighted by atomic mass is 32.1. The minimum absolute atomic E-state index is 0.598. The first-order chi connectivity index (χ1) is 13.3. The molecular weight excluding hydrogens is 346 g/mol. The molecule has 2 heteroatoms. The summed E-state index contributed by atoms with van der Waals surface area (Å²) in [4.78, 5) is 0. The van der Waals surface area contributed by atoms with Crippen LogP contribution in [0.5, 0.6) is 0 Å². The summed E-state index contributed by atoms with van der Waals surface area (Å²) in [6.07, 6.45) is 28.5. The van der Waals surface area contributed by atoms with E-state index in [0.717, 1.165) is 12.0 Å². The molecule has 4 atom stereocenters. The summed E-state index contributed by atoms with van der Waals surface area (Å²) in [5.74, 6) is 0.839. The van der Waals surface area contributed by atoms with Gasteiger partial charge in [-0.05, 0) is 38.0 Å². The van der Waals surface area contributed by atoms with Gasteiger partial charge in [0, 0.05) is 17.3 Å². The first-order valence-electron chi connectivity index (χ1n) is 12.7. The molecule has 4 unspecified atom stereocenters. The Labute approximate surface area is 176 Å². The first-order valence-corrected chi connectivity index (χ1v) is 13.2. The van der Waals surface area contributed by atoms with Gasteiger partial charge in [-0.15, -0.1) is 0 Å². The number of hydrogen-bond acceptors (Lipinski definition) is 2. The van der Waals surface area contributed by atoms with E-state index in [-0.39, 0.29) is 0 Å². The average Bonchev–Trinajstić information content (AvgIpc) is 2.68. The van der Waals surface area contributed by atoms with Crippen molar-refractivity contribution in [2.75, 3.05) is 0 Å². The Morgan fingerprint density at radius 1 is 0.556 bits per heavy atom. The van der Waals surface area contributed by atoms with Crippen LogP contribution in [0.15, 0.2) is 0 Å². The molecule has 0 spiro atoms. The van der Waals surface area contributed by atoms with E-state index in [9.17, 15) is 0 Å². The molecule has 27 heavy (non-hydrogen) atoms. The van der Waals surface area contributed by atoms with Crippen molar-refractivity contribution in [1.82, 2.24) is 5.32 Å². The molecule has 1 N–H and O–H groups in total. The number of hydrogen-bond donors (Lipinski definition) is 2. The predicted molar refractivity (Wildman–Crippen MR) is 125 cm³/mol. The second-order valence-corrected chi connectivity index (χ2v) is 10.5. The second-order valence-electron chi connectivity index (χ2n) is 9.79. The molecule has 0 aromatic carbocycles. The van der Waals surface area contributed by atoms with Crippen LogP contribution >= 0.6 is 12.6 Å². The van der Waals surface area contributed by atoms with E-state index in [1.807, 2.05) is 0 Å². The van der Waals surface area contributed by atoms with Crippen LogP contribution in [0.4, 0.5) is 0 Å². The average molecular weight is 396 g/mol. The fourth-order valence-corrected chi connectivity index (χ4v) is 5.73. The number of nitrogens with one attached hydrogen (secondary N) is 1. The molecule has 0 aromatic heterocycles. The van der Waals surface area contributed by atoms with Gasteiger partial charge in [-0.2, -0.15) is 12.6 Å². The van der Waals surface area contributed by atoms with Crippen molar-refractivity contribution in [3.63, 3.8) is 0 Å². The highest BCUT2D eigenvalue weighted by Crippen LogP contribution is 2.25. The largest absolute Gasteiger partial charge is 0.311 e. The molecule has 0 bridgehead atoms. The van der Waals surface area contributed by atoms with Gasteiger partial charge in [0.05, 0.1) is 0 Å². The summed E-state index contributed by atoms with van der Waals surface area (Å²) in [5.41, 5.74) is 0. The molecule has 160 valence electrons. The zero-order chi connectivity index (χ0) is 19.2. The predicted octanol–water partition coefficient (Wildman–Crippen LogP) is 8.08. The lowest BCUT2D eigenvalue weighted by molar-refractivity contribution is 0.277. The van der Waals surface area contributed by atoms with Crippen LogP contribution in [0.25, 0.3) is 0 Å². The molecular formula is C25H49NS. The second kappa shape index (κ2) is 15.2. The van der Waals surface area contributed by atoms with Gasteiger partial charge in [-0.1, -0.05) is 103 Å². The third kappa shape index (κ3) is 11.2. The van der Waals surface area contributed by atoms with E-state index in [2.05, 4.69) is 12.2 Å². The van der Waals surface area contributed by atoms with E-state index in [1.165, 1.54) is 128 Å². The summed E-state index contributed by atoms with van der Waals surface area (Å²) in [5, 5.41) is 4.79. The maximum atomic E-state index is 4.99. The fraction of sp³-hybridized carbons (Fsp3) is 1.00. The minimum Gasteiger partial charge on any atom is -0.311 e. The van der Waals surface area contributed by atoms with Crippen LogP contribution in [0.3, 0.4) is 0 Å². The van der Waals surface area contributed by atoms with Gasteiger partial charge in [-0.3, -0.25) is 0 Å². The van der Waals surface area contributed by atoms with Crippen molar-refractivity contribution in [3.8, 4) is 0 Å². The summed E-state index contributed by atoms with van der Waals surface area (Å²) < 4.78 is 0. The highest BCUT2D eigenvalue weighted by molar-refractivity contribution is 7.80. The van der Waals surface area contributed by atoms with Gasteiger partial charge in [0.25, 0.3) is 0 Å². The molecule has 2 aliphatic carbocycles. The molecule has 2 fully saturated rings. The molecule has 0 aromatic rings. The summed E-state index contributed by atoms with van der Waals surface area (Å²) in [6, 6.07) is 1.44. The Morgan fingerprint density at radius 2 is 1.00 bits per heavy atom. The Balaban J connectivity index is 1.89. The van der Waals surface area contributed by atoms with Crippen LogP contribution in [0.1, 0.15) is 135 Å². The van der Waals surface area contributed by atoms with Crippen molar-refractivity contribution >= 4 is 12.6 Å². The summed E-state index contributed by atoms with van der Waals surface area (Å²) in [7, 11) is 0. The maximum absolute atomic E-state index is 4.99. The third-order valence-corrected chi connectivity index (χ3v) is 7.68. The quantitative estimate of drug-likeness (QED) is 0.450. The smallest absolute Gasteiger partial charge is 0.00952 e. The van der Waals surface area contributed by atoms with E-state index in [1.54, 1.807) is 0 Å². The zero-order valence-electron chi connectivity index (χ0n) is 18.4. The lowest BCUT2D eigenvalue weighted by Crippen LogP contribution is -2.43. The van der Waals surface area contributed by atoms with Gasteiger partial charge >= 0.3 is 0 Å². The molecule has 0 saturated heterocycles. The SMILES string of the molecule is CC1CCCCCCCCCC1NC1CCCCCCCCCCC(S)C1. The van der Waals surface area contributed by atoms with Gasteiger partial charge in [-0.25, -0.2) is 0 Å². The Bertz CT molecular complexity index is 345. The monoisotopic (exact) mass is 395 g/mol. The molecule has 0 aliphatic heterocycles. The van der Waals surface area contributed by atoms with E-state index >= 15 is 0 Å². The lowest BCUT2D eigenvalue weighted by atomic mass is 9.90. The van der Waals surface area contributed by atoms with Crippen LogP contribution in [-0.4, -0.2) is 17.3 Å². The Hall–Kier alpha value is 0.310. The minimum atomic E-state index is 0.598. The Kier molecular flexibility index (Phi) is 13.3. The van der Waals surface area contributed by atoms with E-state index in [0.29, 0.717) is 11.3 Å². The summed E-state index contributed by atoms with van der Waals surface area (Å²) >= 11 is 4.99. The molecule has 2 saturated carbocycles. The van der Waals surface area contributed by atoms with E-state index in [4.69, 9.17) is 12.6 Å². The number of thiol groups is 1. The third-order valence-electron chi connectivity index (χ3n) is 7.21. The van der Waals surface area contributed by atoms with Crippen LogP contribution in [-0.2, 0) is 0 Å². The molecule has 2 rings (SSSR count). The van der Waals surface area contributed by atoms with Crippen LogP contribution < -0.4 is 5.32 Å². The molecule has 1 nitrogen and oxygen atoms in total. The normalized spacial score (nSPS) is 34.4. The van der Waals surface area contributed by atoms with Gasteiger partial charge < -0.3 is 5.32 Å². The van der Waals surface area contributed by atoms with Gasteiger partial charge in [0.15, 0.2) is 0 Å². The molecule has 0 heterocycles. The van der Waals surface area contributed by atoms with Gasteiger partial charge in [0.1, 0.15) is 0 Å². The molecule has 2 aliphatic rings. The highest BCUT2D eigenvalue weighted by Gasteiger charge is 2.22. The van der Waals surface area contributed by atoms with Crippen LogP contribution in [0.2, 0.25) is 0 Å². The standard InChI is InChI=1S/C25H49NS/c1-22-17-13-9-5-4-8-12-16-20-25(22)26-23-18-14-10-6-2-3-7-11-15-19-24(27)21-23/h22-27H,2-21H2,1H3. The van der Waals surface area contributed by atoms with Crippen molar-refractivity contribution in [2.24, 2.45) is 5.92 Å². The van der Waals surface area contributed by atoms with Crippen LogP contribution in [0, 0.1) is 5.92 Å². The first kappa shape index (κ1) is 23.6. The van der Waals surface area contributed by atoms with Crippen molar-refractivity contribution < 1.29 is 0 Å². The maximum Gasteiger partial charge on any atom is 0.00952 e. The number of rotatable bonds is 2. The lowest BCUT2D eigenvalue weighted by Gasteiger charge is -2.32. The molecule has 0 radical (unpaired) electrons. The van der Waals surface area contributed by atoms with Crippen molar-refractivity contribution in [1.29, 1.82) is 0 Å². The Morgan fingerprint density at radius 3 is 1.59 bits per heavy atom. The zero-order valence-corrected chi connectivity index (χ0v) is 19.3. The summed E-state index contributed by atoms with van der Waals surface area (Å²) in [6.45, 7) is 2.52.